The summed E-state index contributed by atoms with van der Waals surface area (Å²) in [6, 6.07) is -0.202. The fraction of sp³-hybridized carbons (Fsp3) is 0.364. The van der Waals surface area contributed by atoms with Crippen LogP contribution in [0.25, 0.3) is 0 Å². The number of urea groups is 1. The number of aryl methyl sites for hydroxylation is 2. The highest BCUT2D eigenvalue weighted by Gasteiger charge is 2.04. The third-order valence-electron chi connectivity index (χ3n) is 2.19. The second kappa shape index (κ2) is 5.92. The highest BCUT2D eigenvalue weighted by Crippen LogP contribution is 2.08. The number of hydrogen-bond acceptors (Lipinski definition) is 5. The van der Waals surface area contributed by atoms with E-state index in [4.69, 9.17) is 0 Å². The molecule has 0 saturated heterocycles. The Labute approximate surface area is 113 Å². The molecule has 0 aliphatic heterocycles. The minimum absolute atomic E-state index is 0.202. The molecule has 5 nitrogen and oxygen atoms in total. The van der Waals surface area contributed by atoms with Crippen molar-refractivity contribution in [3.63, 3.8) is 0 Å². The number of aromatic nitrogens is 2. The molecule has 7 heteroatoms. The maximum absolute atomic E-state index is 11.5. The van der Waals surface area contributed by atoms with Gasteiger partial charge < -0.3 is 10.6 Å². The molecule has 2 aromatic rings. The lowest BCUT2D eigenvalue weighted by Gasteiger charge is -2.04. The molecule has 0 spiro atoms. The molecular formula is C11H14N4OS2. The number of hydrogen-bond donors (Lipinski definition) is 2. The molecule has 0 bridgehead atoms. The predicted octanol–water partition coefficient (Wildman–Crippen LogP) is 2.22. The highest BCUT2D eigenvalue weighted by atomic mass is 32.1. The molecule has 0 aromatic carbocycles. The Kier molecular flexibility index (Phi) is 4.27. The summed E-state index contributed by atoms with van der Waals surface area (Å²) in [4.78, 5) is 20.1. The van der Waals surface area contributed by atoms with Crippen LogP contribution in [0.1, 0.15) is 21.4 Å². The lowest BCUT2D eigenvalue weighted by Crippen LogP contribution is -2.34. The van der Waals surface area contributed by atoms with E-state index < -0.39 is 0 Å². The minimum Gasteiger partial charge on any atom is -0.332 e. The standard InChI is InChI=1S/C11H14N4OS2/c1-7-14-9(5-17-7)3-12-11(16)13-4-10-6-18-8(2)15-10/h5-6H,3-4H2,1-2H3,(H2,12,13,16). The molecule has 0 fully saturated rings. The fourth-order valence-corrected chi connectivity index (χ4v) is 2.61. The van der Waals surface area contributed by atoms with Gasteiger partial charge in [0.15, 0.2) is 0 Å². The SMILES string of the molecule is Cc1nc(CNC(=O)NCc2csc(C)n2)cs1. The Hall–Kier alpha value is -1.47. The number of carbonyl (C=O) groups is 1. The second-order valence-electron chi connectivity index (χ2n) is 3.75. The Bertz CT molecular complexity index is 488. The van der Waals surface area contributed by atoms with Gasteiger partial charge in [0.25, 0.3) is 0 Å². The van der Waals surface area contributed by atoms with Gasteiger partial charge in [-0.05, 0) is 13.8 Å². The van der Waals surface area contributed by atoms with Crippen LogP contribution >= 0.6 is 22.7 Å². The first-order valence-corrected chi connectivity index (χ1v) is 7.23. The van der Waals surface area contributed by atoms with Gasteiger partial charge in [0.1, 0.15) is 0 Å². The number of nitrogens with zero attached hydrogens (tertiary/aromatic N) is 2. The van der Waals surface area contributed by atoms with Crippen LogP contribution in [0.15, 0.2) is 10.8 Å². The van der Waals surface area contributed by atoms with E-state index in [1.165, 1.54) is 0 Å². The molecular weight excluding hydrogens is 268 g/mol. The molecule has 0 unspecified atom stereocenters. The summed E-state index contributed by atoms with van der Waals surface area (Å²) >= 11 is 3.16. The molecule has 2 N–H and O–H groups in total. The molecule has 96 valence electrons. The number of amides is 2. The molecule has 18 heavy (non-hydrogen) atoms. The van der Waals surface area contributed by atoms with Crippen molar-refractivity contribution in [2.75, 3.05) is 0 Å². The quantitative estimate of drug-likeness (QED) is 0.903. The van der Waals surface area contributed by atoms with Crippen molar-refractivity contribution < 1.29 is 4.79 Å². The van der Waals surface area contributed by atoms with Crippen LogP contribution in [0.2, 0.25) is 0 Å². The zero-order valence-corrected chi connectivity index (χ0v) is 11.8. The van der Waals surface area contributed by atoms with Crippen LogP contribution in [0.5, 0.6) is 0 Å². The van der Waals surface area contributed by atoms with Crippen molar-refractivity contribution in [2.24, 2.45) is 0 Å². The highest BCUT2D eigenvalue weighted by molar-refractivity contribution is 7.09. The van der Waals surface area contributed by atoms with E-state index in [0.29, 0.717) is 13.1 Å². The van der Waals surface area contributed by atoms with Crippen LogP contribution in [0.4, 0.5) is 4.79 Å². The van der Waals surface area contributed by atoms with Gasteiger partial charge in [-0.2, -0.15) is 0 Å². The Morgan fingerprint density at radius 1 is 1.06 bits per heavy atom. The van der Waals surface area contributed by atoms with Crippen molar-refractivity contribution in [1.29, 1.82) is 0 Å². The largest absolute Gasteiger partial charge is 0.332 e. The van der Waals surface area contributed by atoms with E-state index in [1.54, 1.807) is 22.7 Å². The van der Waals surface area contributed by atoms with Gasteiger partial charge in [0, 0.05) is 10.8 Å². The summed E-state index contributed by atoms with van der Waals surface area (Å²) in [6.07, 6.45) is 0. The third-order valence-corrected chi connectivity index (χ3v) is 3.84. The van der Waals surface area contributed by atoms with Crippen molar-refractivity contribution in [3.05, 3.63) is 32.2 Å². The van der Waals surface area contributed by atoms with Crippen LogP contribution in [-0.4, -0.2) is 16.0 Å². The molecule has 2 heterocycles. The Balaban J connectivity index is 1.72. The molecule has 0 aliphatic rings. The van der Waals surface area contributed by atoms with Crippen molar-refractivity contribution >= 4 is 28.7 Å². The van der Waals surface area contributed by atoms with Gasteiger partial charge >= 0.3 is 6.03 Å². The molecule has 0 atom stereocenters. The Morgan fingerprint density at radius 3 is 1.83 bits per heavy atom. The van der Waals surface area contributed by atoms with Crippen molar-refractivity contribution in [2.45, 2.75) is 26.9 Å². The summed E-state index contributed by atoms with van der Waals surface area (Å²) in [5, 5.41) is 11.4. The second-order valence-corrected chi connectivity index (χ2v) is 5.88. The first-order chi connectivity index (χ1) is 8.63. The average Bonchev–Trinajstić information content (AvgIpc) is 2.93. The van der Waals surface area contributed by atoms with E-state index in [2.05, 4.69) is 20.6 Å². The maximum atomic E-state index is 11.5. The summed E-state index contributed by atoms with van der Waals surface area (Å²) in [6.45, 7) is 4.79. The van der Waals surface area contributed by atoms with Crippen LogP contribution in [0, 0.1) is 13.8 Å². The first-order valence-electron chi connectivity index (χ1n) is 5.47. The molecule has 2 aromatic heterocycles. The van der Waals surface area contributed by atoms with Gasteiger partial charge in [-0.1, -0.05) is 0 Å². The zero-order valence-electron chi connectivity index (χ0n) is 10.2. The van der Waals surface area contributed by atoms with E-state index in [9.17, 15) is 4.79 Å². The first kappa shape index (κ1) is 13.0. The molecule has 0 saturated carbocycles. The number of rotatable bonds is 4. The van der Waals surface area contributed by atoms with Crippen molar-refractivity contribution in [3.8, 4) is 0 Å². The monoisotopic (exact) mass is 282 g/mol. The van der Waals surface area contributed by atoms with Gasteiger partial charge in [0.05, 0.1) is 34.5 Å². The zero-order chi connectivity index (χ0) is 13.0. The van der Waals surface area contributed by atoms with Gasteiger partial charge in [-0.25, -0.2) is 14.8 Å². The minimum atomic E-state index is -0.202. The van der Waals surface area contributed by atoms with E-state index in [1.807, 2.05) is 24.6 Å². The predicted molar refractivity (Wildman–Crippen MR) is 72.8 cm³/mol. The smallest absolute Gasteiger partial charge is 0.315 e. The summed E-state index contributed by atoms with van der Waals surface area (Å²) in [5.74, 6) is 0. The van der Waals surface area contributed by atoms with Crippen LogP contribution in [0.3, 0.4) is 0 Å². The third kappa shape index (κ3) is 3.78. The summed E-state index contributed by atoms with van der Waals surface area (Å²) in [5.41, 5.74) is 1.77. The maximum Gasteiger partial charge on any atom is 0.315 e. The van der Waals surface area contributed by atoms with E-state index in [0.717, 1.165) is 21.4 Å². The summed E-state index contributed by atoms with van der Waals surface area (Å²) in [7, 11) is 0. The van der Waals surface area contributed by atoms with Gasteiger partial charge in [0.2, 0.25) is 0 Å². The van der Waals surface area contributed by atoms with Gasteiger partial charge in [-0.3, -0.25) is 0 Å². The number of nitrogens with one attached hydrogen (secondary N) is 2. The van der Waals surface area contributed by atoms with Crippen LogP contribution < -0.4 is 10.6 Å². The lowest BCUT2D eigenvalue weighted by molar-refractivity contribution is 0.240. The number of thiazole rings is 2. The normalized spacial score (nSPS) is 10.3. The molecule has 2 amide bonds. The number of carbonyl (C=O) groups excluding carboxylic acids is 1. The lowest BCUT2D eigenvalue weighted by atomic mass is 10.4. The van der Waals surface area contributed by atoms with E-state index in [-0.39, 0.29) is 6.03 Å². The fourth-order valence-electron chi connectivity index (χ4n) is 1.38. The van der Waals surface area contributed by atoms with E-state index >= 15 is 0 Å². The molecule has 0 radical (unpaired) electrons. The van der Waals surface area contributed by atoms with Crippen LogP contribution in [-0.2, 0) is 13.1 Å². The Morgan fingerprint density at radius 2 is 1.50 bits per heavy atom. The topological polar surface area (TPSA) is 66.9 Å². The average molecular weight is 282 g/mol. The molecule has 0 aliphatic carbocycles. The summed E-state index contributed by atoms with van der Waals surface area (Å²) < 4.78 is 0. The van der Waals surface area contributed by atoms with Crippen molar-refractivity contribution in [1.82, 2.24) is 20.6 Å². The molecule has 2 rings (SSSR count). The van der Waals surface area contributed by atoms with Gasteiger partial charge in [-0.15, -0.1) is 22.7 Å².